The van der Waals surface area contributed by atoms with Crippen LogP contribution in [-0.4, -0.2) is 43.0 Å². The van der Waals surface area contributed by atoms with E-state index in [0.29, 0.717) is 11.6 Å². The predicted octanol–water partition coefficient (Wildman–Crippen LogP) is 0.482. The van der Waals surface area contributed by atoms with E-state index in [4.69, 9.17) is 0 Å². The molecule has 7 nitrogen and oxygen atoms in total. The van der Waals surface area contributed by atoms with E-state index in [0.717, 1.165) is 38.0 Å². The van der Waals surface area contributed by atoms with E-state index in [9.17, 15) is 5.11 Å². The van der Waals surface area contributed by atoms with Gasteiger partial charge in [0.2, 0.25) is 0 Å². The molecule has 0 amide bonds. The van der Waals surface area contributed by atoms with Crippen molar-refractivity contribution in [2.45, 2.75) is 31.8 Å². The molecule has 0 radical (unpaired) electrons. The van der Waals surface area contributed by atoms with Crippen LogP contribution in [0.2, 0.25) is 0 Å². The first-order chi connectivity index (χ1) is 8.81. The Morgan fingerprint density at radius 2 is 2.11 bits per heavy atom. The zero-order chi connectivity index (χ0) is 12.4. The van der Waals surface area contributed by atoms with Gasteiger partial charge in [0.1, 0.15) is 5.82 Å². The van der Waals surface area contributed by atoms with Crippen molar-refractivity contribution in [3.63, 3.8) is 0 Å². The molecule has 18 heavy (non-hydrogen) atoms. The average molecular weight is 248 g/mol. The van der Waals surface area contributed by atoms with Crippen molar-refractivity contribution < 1.29 is 5.11 Å². The summed E-state index contributed by atoms with van der Waals surface area (Å²) in [7, 11) is 0. The van der Waals surface area contributed by atoms with Crippen molar-refractivity contribution in [1.82, 2.24) is 25.3 Å². The van der Waals surface area contributed by atoms with E-state index in [1.54, 1.807) is 0 Å². The monoisotopic (exact) mass is 248 g/mol. The lowest BCUT2D eigenvalue weighted by Crippen LogP contribution is -2.24. The molecule has 0 unspecified atom stereocenters. The fourth-order valence-corrected chi connectivity index (χ4v) is 2.34. The number of nitrogens with one attached hydrogen (secondary N) is 1. The predicted molar refractivity (Wildman–Crippen MR) is 65.0 cm³/mol. The van der Waals surface area contributed by atoms with Crippen LogP contribution in [0.5, 0.6) is 0 Å². The third kappa shape index (κ3) is 2.40. The van der Waals surface area contributed by atoms with Crippen LogP contribution < -0.4 is 5.32 Å². The number of nitrogens with zero attached hydrogens (tertiary/aromatic N) is 5. The topological polar surface area (TPSA) is 88.2 Å². The zero-order valence-corrected chi connectivity index (χ0v) is 10.0. The standard InChI is InChI=1S/C11H16N6O/c18-9-3-1-8(2-4-9)7-12-10-5-6-11-13-15-16-17(11)14-10/h5-6,8-9,18H,1-4,7H2,(H,12,14). The lowest BCUT2D eigenvalue weighted by atomic mass is 9.87. The molecule has 0 aliphatic heterocycles. The number of aliphatic hydroxyl groups excluding tert-OH is 1. The quantitative estimate of drug-likeness (QED) is 0.821. The minimum atomic E-state index is -0.100. The number of aromatic nitrogens is 5. The summed E-state index contributed by atoms with van der Waals surface area (Å²) < 4.78 is 1.41. The molecule has 0 spiro atoms. The third-order valence-corrected chi connectivity index (χ3v) is 3.46. The lowest BCUT2D eigenvalue weighted by Gasteiger charge is -2.25. The highest BCUT2D eigenvalue weighted by Gasteiger charge is 2.19. The van der Waals surface area contributed by atoms with Gasteiger partial charge in [-0.2, -0.15) is 0 Å². The molecular weight excluding hydrogens is 232 g/mol. The summed E-state index contributed by atoms with van der Waals surface area (Å²) >= 11 is 0. The van der Waals surface area contributed by atoms with Gasteiger partial charge < -0.3 is 10.4 Å². The highest BCUT2D eigenvalue weighted by atomic mass is 16.3. The van der Waals surface area contributed by atoms with Crippen LogP contribution in [0.25, 0.3) is 5.65 Å². The van der Waals surface area contributed by atoms with E-state index in [-0.39, 0.29) is 6.10 Å². The van der Waals surface area contributed by atoms with Gasteiger partial charge in [-0.15, -0.1) is 14.8 Å². The number of fused-ring (bicyclic) bond motifs is 1. The van der Waals surface area contributed by atoms with Crippen molar-refractivity contribution in [3.05, 3.63) is 12.1 Å². The van der Waals surface area contributed by atoms with Crippen molar-refractivity contribution in [3.8, 4) is 0 Å². The summed E-state index contributed by atoms with van der Waals surface area (Å²) in [5.41, 5.74) is 0.640. The van der Waals surface area contributed by atoms with Gasteiger partial charge in [0.25, 0.3) is 0 Å². The number of rotatable bonds is 3. The molecule has 0 saturated heterocycles. The van der Waals surface area contributed by atoms with Crippen LogP contribution in [0, 0.1) is 5.92 Å². The Kier molecular flexibility index (Phi) is 3.06. The second-order valence-electron chi connectivity index (χ2n) is 4.80. The highest BCUT2D eigenvalue weighted by molar-refractivity contribution is 5.42. The van der Waals surface area contributed by atoms with Crippen molar-refractivity contribution >= 4 is 11.5 Å². The van der Waals surface area contributed by atoms with Gasteiger partial charge in [-0.1, -0.05) is 0 Å². The van der Waals surface area contributed by atoms with Crippen LogP contribution in [0.4, 0.5) is 5.82 Å². The maximum absolute atomic E-state index is 9.45. The molecule has 2 aromatic heterocycles. The van der Waals surface area contributed by atoms with Crippen LogP contribution in [0.3, 0.4) is 0 Å². The first-order valence-electron chi connectivity index (χ1n) is 6.28. The molecule has 1 aliphatic carbocycles. The molecule has 0 atom stereocenters. The number of hydrogen-bond acceptors (Lipinski definition) is 6. The Morgan fingerprint density at radius 3 is 2.94 bits per heavy atom. The molecule has 96 valence electrons. The molecule has 2 aromatic rings. The zero-order valence-electron chi connectivity index (χ0n) is 10.0. The van der Waals surface area contributed by atoms with Crippen molar-refractivity contribution in [1.29, 1.82) is 0 Å². The Hall–Kier alpha value is -1.76. The van der Waals surface area contributed by atoms with Crippen LogP contribution in [0.1, 0.15) is 25.7 Å². The number of tetrazole rings is 1. The maximum Gasteiger partial charge on any atom is 0.200 e. The van der Waals surface area contributed by atoms with Gasteiger partial charge >= 0.3 is 0 Å². The smallest absolute Gasteiger partial charge is 0.200 e. The summed E-state index contributed by atoms with van der Waals surface area (Å²) in [6.07, 6.45) is 3.86. The number of hydrogen-bond donors (Lipinski definition) is 2. The second-order valence-corrected chi connectivity index (χ2v) is 4.80. The van der Waals surface area contributed by atoms with Gasteiger partial charge in [0.15, 0.2) is 5.65 Å². The summed E-state index contributed by atoms with van der Waals surface area (Å²) in [5.74, 6) is 1.39. The summed E-state index contributed by atoms with van der Waals surface area (Å²) in [4.78, 5) is 0. The summed E-state index contributed by atoms with van der Waals surface area (Å²) in [6.45, 7) is 0.882. The molecule has 2 N–H and O–H groups in total. The van der Waals surface area contributed by atoms with Gasteiger partial charge in [0.05, 0.1) is 6.10 Å². The summed E-state index contributed by atoms with van der Waals surface area (Å²) in [5, 5.41) is 28.1. The third-order valence-electron chi connectivity index (χ3n) is 3.46. The molecule has 0 bridgehead atoms. The lowest BCUT2D eigenvalue weighted by molar-refractivity contribution is 0.111. The molecule has 7 heteroatoms. The van der Waals surface area contributed by atoms with Crippen LogP contribution >= 0.6 is 0 Å². The Labute approximate surface area is 104 Å². The molecular formula is C11H16N6O. The first kappa shape index (κ1) is 11.3. The van der Waals surface area contributed by atoms with Gasteiger partial charge in [-0.3, -0.25) is 0 Å². The molecule has 0 aromatic carbocycles. The Morgan fingerprint density at radius 1 is 1.28 bits per heavy atom. The van der Waals surface area contributed by atoms with E-state index < -0.39 is 0 Å². The highest BCUT2D eigenvalue weighted by Crippen LogP contribution is 2.24. The fourth-order valence-electron chi connectivity index (χ4n) is 2.34. The van der Waals surface area contributed by atoms with E-state index in [2.05, 4.69) is 25.9 Å². The minimum absolute atomic E-state index is 0.100. The maximum atomic E-state index is 9.45. The van der Waals surface area contributed by atoms with Crippen molar-refractivity contribution in [2.24, 2.45) is 5.92 Å². The Bertz CT molecular complexity index is 519. The van der Waals surface area contributed by atoms with Crippen LogP contribution in [0.15, 0.2) is 12.1 Å². The van der Waals surface area contributed by atoms with Crippen LogP contribution in [-0.2, 0) is 0 Å². The molecule has 3 rings (SSSR count). The Balaban J connectivity index is 1.59. The van der Waals surface area contributed by atoms with E-state index in [1.807, 2.05) is 12.1 Å². The van der Waals surface area contributed by atoms with E-state index in [1.165, 1.54) is 4.63 Å². The molecule has 1 aliphatic rings. The second kappa shape index (κ2) is 4.85. The minimum Gasteiger partial charge on any atom is -0.393 e. The summed E-state index contributed by atoms with van der Waals surface area (Å²) in [6, 6.07) is 3.71. The first-order valence-corrected chi connectivity index (χ1v) is 6.28. The average Bonchev–Trinajstić information content (AvgIpc) is 2.85. The van der Waals surface area contributed by atoms with Gasteiger partial charge in [0, 0.05) is 6.54 Å². The largest absolute Gasteiger partial charge is 0.393 e. The number of anilines is 1. The SMILES string of the molecule is OC1CCC(CNc2ccc3nnnn3n2)CC1. The van der Waals surface area contributed by atoms with Gasteiger partial charge in [-0.05, 0) is 54.2 Å². The van der Waals surface area contributed by atoms with E-state index >= 15 is 0 Å². The van der Waals surface area contributed by atoms with Crippen molar-refractivity contribution in [2.75, 3.05) is 11.9 Å². The molecule has 1 saturated carbocycles. The number of aliphatic hydroxyl groups is 1. The van der Waals surface area contributed by atoms with Gasteiger partial charge in [-0.25, -0.2) is 0 Å². The fraction of sp³-hybridized carbons (Fsp3) is 0.636. The normalized spacial score (nSPS) is 24.3. The molecule has 2 heterocycles. The molecule has 1 fully saturated rings.